The van der Waals surface area contributed by atoms with Gasteiger partial charge in [0.05, 0.1) is 34.7 Å². The highest BCUT2D eigenvalue weighted by molar-refractivity contribution is 6.88. The summed E-state index contributed by atoms with van der Waals surface area (Å²) in [5.41, 5.74) is 0.0790. The summed E-state index contributed by atoms with van der Waals surface area (Å²) < 4.78 is 35.1. The zero-order chi connectivity index (χ0) is 28.0. The average molecular weight is 547 g/mol. The van der Waals surface area contributed by atoms with E-state index in [0.717, 1.165) is 5.56 Å². The van der Waals surface area contributed by atoms with Crippen molar-refractivity contribution in [3.63, 3.8) is 0 Å². The second kappa shape index (κ2) is 10.1. The number of aliphatic hydroxyl groups is 1. The van der Waals surface area contributed by atoms with E-state index in [1.807, 2.05) is 19.6 Å². The molecule has 2 amide bonds. The van der Waals surface area contributed by atoms with Gasteiger partial charge in [0, 0.05) is 18.2 Å². The number of hydrogen-bond donors (Lipinski definition) is 2. The van der Waals surface area contributed by atoms with Gasteiger partial charge in [-0.1, -0.05) is 25.7 Å². The van der Waals surface area contributed by atoms with Crippen LogP contribution in [0.25, 0.3) is 0 Å². The molecule has 4 rings (SSSR count). The molecule has 1 fully saturated rings. The van der Waals surface area contributed by atoms with Gasteiger partial charge in [0.15, 0.2) is 5.78 Å². The van der Waals surface area contributed by atoms with Crippen LogP contribution in [0.3, 0.4) is 0 Å². The first-order chi connectivity index (χ1) is 17.7. The standard InChI is InChI=1S/C27H32F2N2O6Si/c1-37-18-5-6-19-17(12-18)7-8-31(26(35)30-14-27(36,15-30)13-23(33)34)24(19)22(32)11-16-9-20(28)25(21(29)10-16)38(2,3)4/h5-6,9-10,12,24,36H,7-8,11,13-15H2,1-4H3,(H,33,34)/t24-/m1/s1. The van der Waals surface area contributed by atoms with Crippen LogP contribution in [0.5, 0.6) is 5.75 Å². The molecule has 2 aromatic carbocycles. The van der Waals surface area contributed by atoms with Crippen molar-refractivity contribution in [1.82, 2.24) is 9.80 Å². The zero-order valence-electron chi connectivity index (χ0n) is 21.9. The van der Waals surface area contributed by atoms with Crippen LogP contribution in [0.2, 0.25) is 19.6 Å². The van der Waals surface area contributed by atoms with E-state index in [4.69, 9.17) is 9.84 Å². The van der Waals surface area contributed by atoms with Gasteiger partial charge in [0.25, 0.3) is 0 Å². The largest absolute Gasteiger partial charge is 0.497 e. The van der Waals surface area contributed by atoms with Crippen molar-refractivity contribution >= 4 is 31.0 Å². The Labute approximate surface area is 220 Å². The number of carbonyl (C=O) groups excluding carboxylic acids is 2. The fraction of sp³-hybridized carbons (Fsp3) is 0.444. The number of benzene rings is 2. The summed E-state index contributed by atoms with van der Waals surface area (Å²) in [4.78, 5) is 40.8. The normalized spacial score (nSPS) is 18.4. The Bertz CT molecular complexity index is 1270. The summed E-state index contributed by atoms with van der Waals surface area (Å²) >= 11 is 0. The number of urea groups is 1. The molecule has 204 valence electrons. The number of likely N-dealkylation sites (tertiary alicyclic amines) is 1. The van der Waals surface area contributed by atoms with E-state index in [0.29, 0.717) is 17.7 Å². The molecule has 2 aliphatic heterocycles. The minimum Gasteiger partial charge on any atom is -0.497 e. The van der Waals surface area contributed by atoms with Crippen molar-refractivity contribution in [3.8, 4) is 5.75 Å². The number of β-amino-alcohol motifs (C(OH)–C–C–N with tert-alkyl or cyclic N) is 1. The first kappa shape index (κ1) is 27.7. The van der Waals surface area contributed by atoms with Gasteiger partial charge in [0.2, 0.25) is 0 Å². The zero-order valence-corrected chi connectivity index (χ0v) is 22.9. The maximum atomic E-state index is 14.9. The van der Waals surface area contributed by atoms with Crippen LogP contribution in [-0.2, 0) is 22.4 Å². The van der Waals surface area contributed by atoms with Gasteiger partial charge < -0.3 is 24.7 Å². The summed E-state index contributed by atoms with van der Waals surface area (Å²) in [6.45, 7) is 5.37. The minimum absolute atomic E-state index is 0.0761. The number of methoxy groups -OCH3 is 1. The molecule has 38 heavy (non-hydrogen) atoms. The smallest absolute Gasteiger partial charge is 0.321 e. The van der Waals surface area contributed by atoms with Crippen LogP contribution in [0.15, 0.2) is 30.3 Å². The Kier molecular flexibility index (Phi) is 7.37. The number of carboxylic acid groups (broad SMARTS) is 1. The summed E-state index contributed by atoms with van der Waals surface area (Å²) in [7, 11) is -0.769. The molecular weight excluding hydrogens is 514 g/mol. The fourth-order valence-corrected chi connectivity index (χ4v) is 6.98. The third-order valence-electron chi connectivity index (χ3n) is 7.08. The number of amides is 2. The van der Waals surface area contributed by atoms with Crippen molar-refractivity contribution in [2.45, 2.75) is 50.5 Å². The number of ether oxygens (including phenoxy) is 1. The third-order valence-corrected chi connectivity index (χ3v) is 9.06. The van der Waals surface area contributed by atoms with Crippen LogP contribution in [0, 0.1) is 11.6 Å². The SMILES string of the molecule is COc1ccc2c(c1)CCN(C(=O)N1CC(O)(CC(=O)O)C1)[C@H]2C(=O)Cc1cc(F)c([Si](C)(C)C)c(F)c1. The van der Waals surface area contributed by atoms with E-state index in [-0.39, 0.29) is 36.8 Å². The molecule has 11 heteroatoms. The predicted molar refractivity (Wildman–Crippen MR) is 138 cm³/mol. The van der Waals surface area contributed by atoms with Crippen molar-refractivity contribution in [2.75, 3.05) is 26.7 Å². The molecule has 0 spiro atoms. The third kappa shape index (κ3) is 5.44. The molecule has 0 bridgehead atoms. The van der Waals surface area contributed by atoms with Crippen LogP contribution >= 0.6 is 0 Å². The molecule has 2 N–H and O–H groups in total. The van der Waals surface area contributed by atoms with Crippen LogP contribution in [-0.4, -0.2) is 78.2 Å². The number of fused-ring (bicyclic) bond motifs is 1. The molecule has 2 heterocycles. The Morgan fingerprint density at radius 2 is 1.74 bits per heavy atom. The quantitative estimate of drug-likeness (QED) is 0.518. The van der Waals surface area contributed by atoms with Crippen molar-refractivity contribution in [1.29, 1.82) is 0 Å². The summed E-state index contributed by atoms with van der Waals surface area (Å²) in [5.74, 6) is -2.33. The topological polar surface area (TPSA) is 107 Å². The van der Waals surface area contributed by atoms with Gasteiger partial charge in [-0.3, -0.25) is 9.59 Å². The summed E-state index contributed by atoms with van der Waals surface area (Å²) in [6.07, 6.45) is -0.335. The molecule has 0 radical (unpaired) electrons. The lowest BCUT2D eigenvalue weighted by Crippen LogP contribution is -2.67. The monoisotopic (exact) mass is 546 g/mol. The van der Waals surface area contributed by atoms with Crippen molar-refractivity contribution < 1.29 is 38.1 Å². The number of carbonyl (C=O) groups is 3. The Balaban J connectivity index is 1.64. The van der Waals surface area contributed by atoms with E-state index in [1.165, 1.54) is 29.0 Å². The van der Waals surface area contributed by atoms with Gasteiger partial charge in [-0.2, -0.15) is 0 Å². The second-order valence-corrected chi connectivity index (χ2v) is 16.2. The van der Waals surface area contributed by atoms with E-state index in [2.05, 4.69) is 0 Å². The highest BCUT2D eigenvalue weighted by Crippen LogP contribution is 2.36. The van der Waals surface area contributed by atoms with Gasteiger partial charge in [0.1, 0.15) is 29.0 Å². The highest BCUT2D eigenvalue weighted by Gasteiger charge is 2.48. The maximum absolute atomic E-state index is 14.9. The van der Waals surface area contributed by atoms with E-state index >= 15 is 0 Å². The lowest BCUT2D eigenvalue weighted by atomic mass is 9.87. The van der Waals surface area contributed by atoms with E-state index in [9.17, 15) is 28.3 Å². The number of carboxylic acids is 1. The molecule has 1 saturated heterocycles. The van der Waals surface area contributed by atoms with Crippen LogP contribution in [0.4, 0.5) is 13.6 Å². The fourth-order valence-electron chi connectivity index (χ4n) is 5.40. The molecule has 1 atom stereocenters. The molecule has 2 aromatic rings. The second-order valence-electron chi connectivity index (χ2n) is 11.2. The lowest BCUT2D eigenvalue weighted by Gasteiger charge is -2.49. The molecule has 0 unspecified atom stereocenters. The summed E-state index contributed by atoms with van der Waals surface area (Å²) in [6, 6.07) is 6.06. The lowest BCUT2D eigenvalue weighted by molar-refractivity contribution is -0.150. The van der Waals surface area contributed by atoms with Gasteiger partial charge in [-0.15, -0.1) is 0 Å². The number of rotatable bonds is 7. The number of nitrogens with zero attached hydrogens (tertiary/aromatic N) is 2. The Morgan fingerprint density at radius 3 is 2.29 bits per heavy atom. The first-order valence-corrected chi connectivity index (χ1v) is 15.9. The number of hydrogen-bond acceptors (Lipinski definition) is 5. The van der Waals surface area contributed by atoms with Crippen molar-refractivity contribution in [2.24, 2.45) is 0 Å². The van der Waals surface area contributed by atoms with Crippen LogP contribution in [0.1, 0.15) is 29.2 Å². The Morgan fingerprint density at radius 1 is 1.11 bits per heavy atom. The Hall–Kier alpha value is -3.31. The molecule has 2 aliphatic rings. The average Bonchev–Trinajstić information content (AvgIpc) is 2.78. The molecule has 0 aliphatic carbocycles. The van der Waals surface area contributed by atoms with Crippen molar-refractivity contribution in [3.05, 3.63) is 58.7 Å². The number of Topliss-reactive ketones (excluding diaryl/α,β-unsaturated/α-hetero) is 1. The minimum atomic E-state index is -2.29. The van der Waals surface area contributed by atoms with Crippen LogP contribution < -0.4 is 9.92 Å². The highest BCUT2D eigenvalue weighted by atomic mass is 28.3. The van der Waals surface area contributed by atoms with Gasteiger partial charge in [-0.05, 0) is 47.4 Å². The number of ketones is 1. The first-order valence-electron chi connectivity index (χ1n) is 12.4. The predicted octanol–water partition coefficient (Wildman–Crippen LogP) is 2.87. The maximum Gasteiger partial charge on any atom is 0.321 e. The number of halogens is 2. The molecular formula is C27H32F2N2O6Si. The van der Waals surface area contributed by atoms with Gasteiger partial charge in [-0.25, -0.2) is 13.6 Å². The molecule has 0 aromatic heterocycles. The molecule has 0 saturated carbocycles. The van der Waals surface area contributed by atoms with E-state index < -0.39 is 55.6 Å². The number of aliphatic carboxylic acids is 1. The van der Waals surface area contributed by atoms with E-state index in [1.54, 1.807) is 18.2 Å². The van der Waals surface area contributed by atoms with Gasteiger partial charge >= 0.3 is 12.0 Å². The molecule has 8 nitrogen and oxygen atoms in total. The summed E-state index contributed by atoms with van der Waals surface area (Å²) in [5, 5.41) is 19.5.